The molecule has 0 atom stereocenters. The second kappa shape index (κ2) is 6.00. The highest BCUT2D eigenvalue weighted by molar-refractivity contribution is 5.67. The number of nitrogens with one attached hydrogen (secondary N) is 1. The molecule has 3 aromatic rings. The summed E-state index contributed by atoms with van der Waals surface area (Å²) in [6.07, 6.45) is 0. The number of aromatic amines is 1. The molecule has 0 aliphatic carbocycles. The lowest BCUT2D eigenvalue weighted by Crippen LogP contribution is -1.91. The fourth-order valence-electron chi connectivity index (χ4n) is 2.24. The first-order chi connectivity index (χ1) is 11.1. The quantitative estimate of drug-likeness (QED) is 0.723. The smallest absolute Gasteiger partial charge is 0.181 e. The molecule has 23 heavy (non-hydrogen) atoms. The van der Waals surface area contributed by atoms with Crippen LogP contribution in [0.3, 0.4) is 0 Å². The molecular weight excluding hydrogens is 292 g/mol. The Morgan fingerprint density at radius 1 is 0.957 bits per heavy atom. The van der Waals surface area contributed by atoms with Gasteiger partial charge in [0.05, 0.1) is 14.2 Å². The van der Waals surface area contributed by atoms with Gasteiger partial charge in [0.25, 0.3) is 0 Å². The normalized spacial score (nSPS) is 10.6. The van der Waals surface area contributed by atoms with E-state index in [0.717, 1.165) is 22.4 Å². The Hall–Kier alpha value is -3.02. The van der Waals surface area contributed by atoms with Crippen LogP contribution in [0, 0.1) is 6.92 Å². The van der Waals surface area contributed by atoms with E-state index < -0.39 is 0 Å². The largest absolute Gasteiger partial charge is 0.497 e. The van der Waals surface area contributed by atoms with Gasteiger partial charge in [-0.25, -0.2) is 4.98 Å². The Labute approximate surface area is 134 Å². The van der Waals surface area contributed by atoms with E-state index in [-0.39, 0.29) is 0 Å². The number of anilines is 1. The number of H-pyrrole nitrogens is 1. The van der Waals surface area contributed by atoms with Gasteiger partial charge in [-0.3, -0.25) is 5.10 Å². The third-order valence-electron chi connectivity index (χ3n) is 3.65. The number of rotatable bonds is 4. The van der Waals surface area contributed by atoms with E-state index in [1.165, 1.54) is 0 Å². The number of benzene rings is 2. The van der Waals surface area contributed by atoms with Gasteiger partial charge in [-0.1, -0.05) is 12.1 Å². The molecule has 0 bridgehead atoms. The number of aromatic nitrogens is 3. The van der Waals surface area contributed by atoms with Crippen molar-refractivity contribution < 1.29 is 9.47 Å². The van der Waals surface area contributed by atoms with E-state index in [1.807, 2.05) is 37.3 Å². The van der Waals surface area contributed by atoms with Crippen LogP contribution in [0.5, 0.6) is 11.5 Å². The van der Waals surface area contributed by atoms with Crippen LogP contribution in [-0.2, 0) is 0 Å². The summed E-state index contributed by atoms with van der Waals surface area (Å²) in [6, 6.07) is 11.3. The lowest BCUT2D eigenvalue weighted by molar-refractivity contribution is 0.394. The first-order valence-corrected chi connectivity index (χ1v) is 7.13. The molecule has 0 unspecified atom stereocenters. The molecule has 0 saturated carbocycles. The molecule has 2 aromatic carbocycles. The van der Waals surface area contributed by atoms with Crippen molar-refractivity contribution in [2.45, 2.75) is 6.92 Å². The topological polar surface area (TPSA) is 86.0 Å². The summed E-state index contributed by atoms with van der Waals surface area (Å²) >= 11 is 0. The summed E-state index contributed by atoms with van der Waals surface area (Å²) in [6.45, 7) is 1.97. The Morgan fingerprint density at radius 2 is 1.65 bits per heavy atom. The Kier molecular flexibility index (Phi) is 3.89. The summed E-state index contributed by atoms with van der Waals surface area (Å²) in [5.74, 6) is 2.60. The molecule has 1 heterocycles. The van der Waals surface area contributed by atoms with Crippen molar-refractivity contribution in [2.24, 2.45) is 0 Å². The second-order valence-electron chi connectivity index (χ2n) is 5.18. The molecule has 0 fully saturated rings. The summed E-state index contributed by atoms with van der Waals surface area (Å²) < 4.78 is 10.6. The van der Waals surface area contributed by atoms with E-state index >= 15 is 0 Å². The van der Waals surface area contributed by atoms with Gasteiger partial charge in [0.2, 0.25) is 0 Å². The highest BCUT2D eigenvalue weighted by atomic mass is 16.5. The van der Waals surface area contributed by atoms with Gasteiger partial charge in [0.15, 0.2) is 11.6 Å². The average Bonchev–Trinajstić information content (AvgIpc) is 3.07. The SMILES string of the molecule is COc1cc(OC)cc(-c2n[nH]c(-c3ccc(C)c(N)c3)n2)c1. The fourth-order valence-corrected chi connectivity index (χ4v) is 2.24. The van der Waals surface area contributed by atoms with Crippen molar-refractivity contribution in [3.63, 3.8) is 0 Å². The van der Waals surface area contributed by atoms with Crippen molar-refractivity contribution in [1.82, 2.24) is 15.2 Å². The zero-order valence-electron chi connectivity index (χ0n) is 13.3. The van der Waals surface area contributed by atoms with Crippen LogP contribution in [0.25, 0.3) is 22.8 Å². The monoisotopic (exact) mass is 310 g/mol. The van der Waals surface area contributed by atoms with Gasteiger partial charge in [-0.2, -0.15) is 5.10 Å². The predicted octanol–water partition coefficient (Wildman–Crippen LogP) is 3.05. The zero-order valence-corrected chi connectivity index (χ0v) is 13.3. The van der Waals surface area contributed by atoms with E-state index in [9.17, 15) is 0 Å². The zero-order chi connectivity index (χ0) is 16.4. The number of hydrogen-bond acceptors (Lipinski definition) is 5. The number of methoxy groups -OCH3 is 2. The minimum absolute atomic E-state index is 0.566. The van der Waals surface area contributed by atoms with E-state index in [4.69, 9.17) is 15.2 Å². The van der Waals surface area contributed by atoms with Crippen LogP contribution in [0.2, 0.25) is 0 Å². The standard InChI is InChI=1S/C17H18N4O2/c1-10-4-5-11(8-15(10)18)16-19-17(21-20-16)12-6-13(22-2)9-14(7-12)23-3/h4-9H,18H2,1-3H3,(H,19,20,21). The molecule has 0 spiro atoms. The molecule has 0 radical (unpaired) electrons. The number of aryl methyl sites for hydroxylation is 1. The van der Waals surface area contributed by atoms with Gasteiger partial charge in [0.1, 0.15) is 11.5 Å². The number of nitrogens with two attached hydrogens (primary N) is 1. The maximum atomic E-state index is 5.96. The van der Waals surface area contributed by atoms with Crippen molar-refractivity contribution in [1.29, 1.82) is 0 Å². The Morgan fingerprint density at radius 3 is 2.26 bits per heavy atom. The van der Waals surface area contributed by atoms with Gasteiger partial charge in [0, 0.05) is 22.9 Å². The number of nitrogen functional groups attached to an aromatic ring is 1. The van der Waals surface area contributed by atoms with Gasteiger partial charge < -0.3 is 15.2 Å². The van der Waals surface area contributed by atoms with Gasteiger partial charge in [-0.15, -0.1) is 0 Å². The summed E-state index contributed by atoms with van der Waals surface area (Å²) in [4.78, 5) is 4.54. The first kappa shape index (κ1) is 14.9. The van der Waals surface area contributed by atoms with Crippen LogP contribution in [0.15, 0.2) is 36.4 Å². The van der Waals surface area contributed by atoms with Crippen LogP contribution in [0.4, 0.5) is 5.69 Å². The third-order valence-corrected chi connectivity index (χ3v) is 3.65. The molecule has 0 amide bonds. The fraction of sp³-hybridized carbons (Fsp3) is 0.176. The third kappa shape index (κ3) is 2.96. The van der Waals surface area contributed by atoms with E-state index in [1.54, 1.807) is 20.3 Å². The molecule has 0 aliphatic heterocycles. The maximum absolute atomic E-state index is 5.96. The first-order valence-electron chi connectivity index (χ1n) is 7.13. The lowest BCUT2D eigenvalue weighted by atomic mass is 10.1. The number of nitrogens with zero attached hydrogens (tertiary/aromatic N) is 2. The summed E-state index contributed by atoms with van der Waals surface area (Å²) in [5.41, 5.74) is 9.41. The second-order valence-corrected chi connectivity index (χ2v) is 5.18. The molecule has 3 N–H and O–H groups in total. The van der Waals surface area contributed by atoms with Crippen molar-refractivity contribution in [2.75, 3.05) is 20.0 Å². The number of ether oxygens (including phenoxy) is 2. The molecule has 6 heteroatoms. The minimum atomic E-state index is 0.566. The predicted molar refractivity (Wildman–Crippen MR) is 89.5 cm³/mol. The molecular formula is C17H18N4O2. The van der Waals surface area contributed by atoms with Crippen LogP contribution in [0.1, 0.15) is 5.56 Å². The van der Waals surface area contributed by atoms with Crippen LogP contribution >= 0.6 is 0 Å². The van der Waals surface area contributed by atoms with Crippen LogP contribution < -0.4 is 15.2 Å². The molecule has 0 aliphatic rings. The average molecular weight is 310 g/mol. The molecule has 118 valence electrons. The highest BCUT2D eigenvalue weighted by Crippen LogP contribution is 2.29. The lowest BCUT2D eigenvalue weighted by Gasteiger charge is -2.06. The molecule has 1 aromatic heterocycles. The molecule has 0 saturated heterocycles. The minimum Gasteiger partial charge on any atom is -0.497 e. The van der Waals surface area contributed by atoms with Gasteiger partial charge in [-0.05, 0) is 30.7 Å². The molecule has 6 nitrogen and oxygen atoms in total. The molecule has 3 rings (SSSR count). The van der Waals surface area contributed by atoms with E-state index in [0.29, 0.717) is 23.1 Å². The maximum Gasteiger partial charge on any atom is 0.181 e. The summed E-state index contributed by atoms with van der Waals surface area (Å²) in [7, 11) is 3.22. The van der Waals surface area contributed by atoms with Gasteiger partial charge >= 0.3 is 0 Å². The summed E-state index contributed by atoms with van der Waals surface area (Å²) in [5, 5.41) is 7.22. The van der Waals surface area contributed by atoms with Crippen LogP contribution in [-0.4, -0.2) is 29.4 Å². The Bertz CT molecular complexity index is 820. The van der Waals surface area contributed by atoms with E-state index in [2.05, 4.69) is 15.2 Å². The van der Waals surface area contributed by atoms with Crippen molar-refractivity contribution in [3.8, 4) is 34.3 Å². The highest BCUT2D eigenvalue weighted by Gasteiger charge is 2.11. The van der Waals surface area contributed by atoms with Crippen molar-refractivity contribution in [3.05, 3.63) is 42.0 Å². The Balaban J connectivity index is 2.00. The number of hydrogen-bond donors (Lipinski definition) is 2. The van der Waals surface area contributed by atoms with Crippen molar-refractivity contribution >= 4 is 5.69 Å².